The molecule has 0 aliphatic carbocycles. The van der Waals surface area contributed by atoms with Gasteiger partial charge in [-0.2, -0.15) is 0 Å². The fraction of sp³-hybridized carbons (Fsp3) is 0.400. The molecule has 1 fully saturated rings. The molecule has 0 aromatic carbocycles. The van der Waals surface area contributed by atoms with E-state index in [-0.39, 0.29) is 5.91 Å². The molecule has 1 aliphatic rings. The van der Waals surface area contributed by atoms with Crippen LogP contribution in [0.15, 0.2) is 11.4 Å². The standard InChI is InChI=1S/C10H12N2O3S/c13-9-5-12(3-1-2-11-9)7-4-8(10(14)15)16-6-7/h4,6H,1-3,5H2,(H,11,13)(H,14,15). The van der Waals surface area contributed by atoms with E-state index in [0.29, 0.717) is 18.0 Å². The Balaban J connectivity index is 2.15. The van der Waals surface area contributed by atoms with E-state index in [2.05, 4.69) is 5.32 Å². The Bertz CT molecular complexity index is 416. The highest BCUT2D eigenvalue weighted by Gasteiger charge is 2.17. The number of carbonyl (C=O) groups is 2. The van der Waals surface area contributed by atoms with Crippen LogP contribution in [0.1, 0.15) is 16.1 Å². The minimum Gasteiger partial charge on any atom is -0.477 e. The molecule has 86 valence electrons. The first-order valence-corrected chi connectivity index (χ1v) is 5.88. The summed E-state index contributed by atoms with van der Waals surface area (Å²) in [6.07, 6.45) is 0.879. The second-order valence-corrected chi connectivity index (χ2v) is 4.51. The van der Waals surface area contributed by atoms with Gasteiger partial charge in [-0.15, -0.1) is 11.3 Å². The van der Waals surface area contributed by atoms with Crippen molar-refractivity contribution in [2.45, 2.75) is 6.42 Å². The van der Waals surface area contributed by atoms with Crippen molar-refractivity contribution in [2.24, 2.45) is 0 Å². The predicted octanol–water partition coefficient (Wildman–Crippen LogP) is 0.773. The Morgan fingerprint density at radius 2 is 2.38 bits per heavy atom. The maximum Gasteiger partial charge on any atom is 0.345 e. The second kappa shape index (κ2) is 4.52. The van der Waals surface area contributed by atoms with Crippen LogP contribution in [0.3, 0.4) is 0 Å². The molecule has 0 spiro atoms. The lowest BCUT2D eigenvalue weighted by Gasteiger charge is -2.19. The van der Waals surface area contributed by atoms with Crippen molar-refractivity contribution >= 4 is 28.9 Å². The Kier molecular flexibility index (Phi) is 3.09. The lowest BCUT2D eigenvalue weighted by atomic mass is 10.3. The molecule has 2 rings (SSSR count). The normalized spacial score (nSPS) is 16.8. The molecule has 1 saturated heterocycles. The highest BCUT2D eigenvalue weighted by Crippen LogP contribution is 2.23. The molecule has 0 bridgehead atoms. The number of carboxylic acids is 1. The van der Waals surface area contributed by atoms with E-state index in [1.807, 2.05) is 4.90 Å². The fourth-order valence-electron chi connectivity index (χ4n) is 1.63. The van der Waals surface area contributed by atoms with Crippen LogP contribution in [0.4, 0.5) is 5.69 Å². The van der Waals surface area contributed by atoms with Gasteiger partial charge in [0.05, 0.1) is 6.54 Å². The summed E-state index contributed by atoms with van der Waals surface area (Å²) in [6, 6.07) is 1.62. The molecule has 1 aromatic rings. The van der Waals surface area contributed by atoms with Crippen molar-refractivity contribution in [3.05, 3.63) is 16.3 Å². The van der Waals surface area contributed by atoms with E-state index < -0.39 is 5.97 Å². The van der Waals surface area contributed by atoms with Crippen LogP contribution in [0.25, 0.3) is 0 Å². The van der Waals surface area contributed by atoms with Crippen LogP contribution in [0.2, 0.25) is 0 Å². The lowest BCUT2D eigenvalue weighted by Crippen LogP contribution is -2.32. The molecule has 1 aliphatic heterocycles. The number of nitrogens with zero attached hydrogens (tertiary/aromatic N) is 1. The van der Waals surface area contributed by atoms with Gasteiger partial charge in [0.15, 0.2) is 0 Å². The van der Waals surface area contributed by atoms with Gasteiger partial charge in [-0.3, -0.25) is 4.79 Å². The number of carboxylic acid groups (broad SMARTS) is 1. The number of aromatic carboxylic acids is 1. The van der Waals surface area contributed by atoms with Crippen molar-refractivity contribution in [2.75, 3.05) is 24.5 Å². The number of carbonyl (C=O) groups excluding carboxylic acids is 1. The molecule has 6 heteroatoms. The number of rotatable bonds is 2. The molecular weight excluding hydrogens is 228 g/mol. The SMILES string of the molecule is O=C1CN(c2csc(C(=O)O)c2)CCCN1. The van der Waals surface area contributed by atoms with Gasteiger partial charge in [0, 0.05) is 24.2 Å². The zero-order chi connectivity index (χ0) is 11.5. The molecule has 2 heterocycles. The zero-order valence-corrected chi connectivity index (χ0v) is 9.42. The van der Waals surface area contributed by atoms with Gasteiger partial charge in [-0.25, -0.2) is 4.79 Å². The largest absolute Gasteiger partial charge is 0.477 e. The molecule has 1 amide bonds. The third kappa shape index (κ3) is 2.33. The molecule has 0 saturated carbocycles. The Hall–Kier alpha value is -1.56. The van der Waals surface area contributed by atoms with Crippen LogP contribution in [-0.2, 0) is 4.79 Å². The first-order chi connectivity index (χ1) is 7.66. The quantitative estimate of drug-likeness (QED) is 0.801. The van der Waals surface area contributed by atoms with E-state index in [9.17, 15) is 9.59 Å². The average molecular weight is 240 g/mol. The summed E-state index contributed by atoms with van der Waals surface area (Å²) in [6.45, 7) is 1.76. The number of anilines is 1. The van der Waals surface area contributed by atoms with Gasteiger partial charge in [-0.05, 0) is 12.5 Å². The summed E-state index contributed by atoms with van der Waals surface area (Å²) < 4.78 is 0. The molecule has 5 nitrogen and oxygen atoms in total. The van der Waals surface area contributed by atoms with Gasteiger partial charge < -0.3 is 15.3 Å². The van der Waals surface area contributed by atoms with Crippen molar-refractivity contribution in [3.63, 3.8) is 0 Å². The topological polar surface area (TPSA) is 69.6 Å². The third-order valence-electron chi connectivity index (χ3n) is 2.42. The lowest BCUT2D eigenvalue weighted by molar-refractivity contribution is -0.119. The summed E-state index contributed by atoms with van der Waals surface area (Å²) in [5.74, 6) is -0.934. The van der Waals surface area contributed by atoms with E-state index in [1.54, 1.807) is 11.4 Å². The summed E-state index contributed by atoms with van der Waals surface area (Å²) in [5.41, 5.74) is 0.819. The van der Waals surface area contributed by atoms with Crippen LogP contribution in [0.5, 0.6) is 0 Å². The molecule has 0 unspecified atom stereocenters. The van der Waals surface area contributed by atoms with Crippen LogP contribution >= 0.6 is 11.3 Å². The zero-order valence-electron chi connectivity index (χ0n) is 8.60. The number of amides is 1. The highest BCUT2D eigenvalue weighted by atomic mass is 32.1. The monoisotopic (exact) mass is 240 g/mol. The van der Waals surface area contributed by atoms with Gasteiger partial charge >= 0.3 is 5.97 Å². The number of hydrogen-bond donors (Lipinski definition) is 2. The summed E-state index contributed by atoms with van der Waals surface area (Å²) in [5, 5.41) is 13.4. The van der Waals surface area contributed by atoms with Crippen molar-refractivity contribution in [3.8, 4) is 0 Å². The van der Waals surface area contributed by atoms with E-state index in [4.69, 9.17) is 5.11 Å². The molecule has 2 N–H and O–H groups in total. The smallest absolute Gasteiger partial charge is 0.345 e. The number of thiophene rings is 1. The van der Waals surface area contributed by atoms with Crippen molar-refractivity contribution in [1.29, 1.82) is 0 Å². The maximum absolute atomic E-state index is 11.3. The first-order valence-electron chi connectivity index (χ1n) is 5.00. The minimum atomic E-state index is -0.921. The van der Waals surface area contributed by atoms with E-state index in [0.717, 1.165) is 18.7 Å². The van der Waals surface area contributed by atoms with Gasteiger partial charge in [0.1, 0.15) is 4.88 Å². The number of hydrogen-bond acceptors (Lipinski definition) is 4. The maximum atomic E-state index is 11.3. The first kappa shape index (κ1) is 10.9. The predicted molar refractivity (Wildman–Crippen MR) is 61.1 cm³/mol. The van der Waals surface area contributed by atoms with Gasteiger partial charge in [-0.1, -0.05) is 0 Å². The fourth-order valence-corrected chi connectivity index (χ4v) is 2.39. The van der Waals surface area contributed by atoms with Gasteiger partial charge in [0.2, 0.25) is 5.91 Å². The molecule has 0 atom stereocenters. The van der Waals surface area contributed by atoms with Crippen LogP contribution in [-0.4, -0.2) is 36.6 Å². The second-order valence-electron chi connectivity index (χ2n) is 3.60. The highest BCUT2D eigenvalue weighted by molar-refractivity contribution is 7.12. The van der Waals surface area contributed by atoms with Crippen molar-refractivity contribution in [1.82, 2.24) is 5.32 Å². The molecular formula is C10H12N2O3S. The summed E-state index contributed by atoms with van der Waals surface area (Å²) in [4.78, 5) is 24.3. The third-order valence-corrected chi connectivity index (χ3v) is 3.33. The van der Waals surface area contributed by atoms with Crippen molar-refractivity contribution < 1.29 is 14.7 Å². The Morgan fingerprint density at radius 3 is 3.06 bits per heavy atom. The molecule has 0 radical (unpaired) electrons. The van der Waals surface area contributed by atoms with Crippen LogP contribution in [0, 0.1) is 0 Å². The Labute approximate surface area is 96.7 Å². The van der Waals surface area contributed by atoms with E-state index >= 15 is 0 Å². The minimum absolute atomic E-state index is 0.0134. The average Bonchev–Trinajstić information content (AvgIpc) is 2.63. The summed E-state index contributed by atoms with van der Waals surface area (Å²) >= 11 is 1.19. The number of nitrogens with one attached hydrogen (secondary N) is 1. The van der Waals surface area contributed by atoms with Crippen LogP contribution < -0.4 is 10.2 Å². The Morgan fingerprint density at radius 1 is 1.56 bits per heavy atom. The van der Waals surface area contributed by atoms with E-state index in [1.165, 1.54) is 11.3 Å². The van der Waals surface area contributed by atoms with Gasteiger partial charge in [0.25, 0.3) is 0 Å². The molecule has 16 heavy (non-hydrogen) atoms. The summed E-state index contributed by atoms with van der Waals surface area (Å²) in [7, 11) is 0. The molecule has 1 aromatic heterocycles.